The van der Waals surface area contributed by atoms with Crippen LogP contribution in [0.15, 0.2) is 30.7 Å². The second kappa shape index (κ2) is 5.38. The first-order valence-electron chi connectivity index (χ1n) is 7.65. The predicted molar refractivity (Wildman–Crippen MR) is 90.7 cm³/mol. The molecule has 0 spiro atoms. The molecule has 0 radical (unpaired) electrons. The highest BCUT2D eigenvalue weighted by atomic mass is 35.5. The van der Waals surface area contributed by atoms with E-state index in [-0.39, 0.29) is 5.95 Å². The maximum atomic E-state index is 6.32. The van der Waals surface area contributed by atoms with E-state index in [1.807, 2.05) is 24.7 Å². The van der Waals surface area contributed by atoms with E-state index in [2.05, 4.69) is 37.2 Å². The Labute approximate surface area is 138 Å². The zero-order chi connectivity index (χ0) is 16.0. The standard InChI is InChI=1S/C16H17ClN6/c1-2-10-8-23(15-13(10)14(17)20-16(18)21-15)9-11-12-4-3-6-22(12)7-5-19-11/h3-7,10H,2,8-9H2,1H3,(H2,18,20,21). The number of nitrogens with two attached hydrogens (primary N) is 1. The molecule has 6 nitrogen and oxygen atoms in total. The number of fused-ring (bicyclic) bond motifs is 2. The van der Waals surface area contributed by atoms with Gasteiger partial charge in [0.05, 0.1) is 17.8 Å². The van der Waals surface area contributed by atoms with Gasteiger partial charge in [-0.1, -0.05) is 18.5 Å². The van der Waals surface area contributed by atoms with Gasteiger partial charge < -0.3 is 15.0 Å². The van der Waals surface area contributed by atoms with Crippen LogP contribution in [0.3, 0.4) is 0 Å². The van der Waals surface area contributed by atoms with E-state index in [1.165, 1.54) is 0 Å². The molecule has 3 aromatic heterocycles. The predicted octanol–water partition coefficient (Wildman–Crippen LogP) is 2.87. The summed E-state index contributed by atoms with van der Waals surface area (Å²) in [6.45, 7) is 3.68. The molecule has 1 unspecified atom stereocenters. The summed E-state index contributed by atoms with van der Waals surface area (Å²) in [7, 11) is 0. The molecule has 0 fully saturated rings. The molecule has 4 rings (SSSR count). The summed E-state index contributed by atoms with van der Waals surface area (Å²) in [5.74, 6) is 1.37. The van der Waals surface area contributed by atoms with Gasteiger partial charge in [-0.05, 0) is 18.6 Å². The van der Waals surface area contributed by atoms with Gasteiger partial charge >= 0.3 is 0 Å². The zero-order valence-electron chi connectivity index (χ0n) is 12.8. The third-order valence-electron chi connectivity index (χ3n) is 4.41. The fourth-order valence-electron chi connectivity index (χ4n) is 3.29. The van der Waals surface area contributed by atoms with Gasteiger partial charge in [-0.2, -0.15) is 4.98 Å². The lowest BCUT2D eigenvalue weighted by Crippen LogP contribution is -2.23. The van der Waals surface area contributed by atoms with Gasteiger partial charge in [0.25, 0.3) is 0 Å². The highest BCUT2D eigenvalue weighted by Gasteiger charge is 2.32. The molecule has 118 valence electrons. The monoisotopic (exact) mass is 328 g/mol. The molecule has 0 aromatic carbocycles. The minimum Gasteiger partial charge on any atom is -0.368 e. The fraction of sp³-hybridized carbons (Fsp3) is 0.312. The van der Waals surface area contributed by atoms with Crippen LogP contribution in [-0.2, 0) is 6.54 Å². The first-order chi connectivity index (χ1) is 11.2. The summed E-state index contributed by atoms with van der Waals surface area (Å²) < 4.78 is 2.07. The number of hydrogen-bond donors (Lipinski definition) is 1. The van der Waals surface area contributed by atoms with Gasteiger partial charge in [0.2, 0.25) is 5.95 Å². The van der Waals surface area contributed by atoms with Crippen LogP contribution in [0.25, 0.3) is 5.52 Å². The zero-order valence-corrected chi connectivity index (χ0v) is 13.5. The Bertz CT molecular complexity index is 874. The lowest BCUT2D eigenvalue weighted by Gasteiger charge is -2.19. The van der Waals surface area contributed by atoms with Gasteiger partial charge in [0, 0.05) is 36.6 Å². The van der Waals surface area contributed by atoms with Crippen molar-refractivity contribution in [3.63, 3.8) is 0 Å². The van der Waals surface area contributed by atoms with Crippen molar-refractivity contribution in [3.05, 3.63) is 47.1 Å². The van der Waals surface area contributed by atoms with Crippen LogP contribution < -0.4 is 10.6 Å². The minimum atomic E-state index is 0.212. The number of rotatable bonds is 3. The molecule has 2 N–H and O–H groups in total. The van der Waals surface area contributed by atoms with Crippen molar-refractivity contribution >= 4 is 28.9 Å². The molecule has 3 aromatic rings. The van der Waals surface area contributed by atoms with Crippen molar-refractivity contribution in [2.75, 3.05) is 17.2 Å². The van der Waals surface area contributed by atoms with Gasteiger partial charge in [0.15, 0.2) is 0 Å². The van der Waals surface area contributed by atoms with Crippen LogP contribution >= 0.6 is 11.6 Å². The van der Waals surface area contributed by atoms with Crippen LogP contribution in [0.5, 0.6) is 0 Å². The Morgan fingerprint density at radius 2 is 2.22 bits per heavy atom. The van der Waals surface area contributed by atoms with Crippen molar-refractivity contribution in [3.8, 4) is 0 Å². The lowest BCUT2D eigenvalue weighted by atomic mass is 10.0. The van der Waals surface area contributed by atoms with Crippen molar-refractivity contribution in [2.24, 2.45) is 0 Å². The van der Waals surface area contributed by atoms with Gasteiger partial charge in [-0.25, -0.2) is 4.98 Å². The molecule has 0 saturated carbocycles. The van der Waals surface area contributed by atoms with Crippen molar-refractivity contribution in [1.82, 2.24) is 19.4 Å². The van der Waals surface area contributed by atoms with E-state index in [4.69, 9.17) is 17.3 Å². The quantitative estimate of drug-likeness (QED) is 0.748. The average Bonchev–Trinajstić information content (AvgIpc) is 3.13. The number of aromatic nitrogens is 4. The summed E-state index contributed by atoms with van der Waals surface area (Å²) in [5, 5.41) is 0.468. The largest absolute Gasteiger partial charge is 0.368 e. The first-order valence-corrected chi connectivity index (χ1v) is 8.03. The highest BCUT2D eigenvalue weighted by Crippen LogP contribution is 2.41. The Hall–Kier alpha value is -2.34. The summed E-state index contributed by atoms with van der Waals surface area (Å²) in [5.41, 5.74) is 8.91. The Morgan fingerprint density at radius 1 is 1.35 bits per heavy atom. The highest BCUT2D eigenvalue weighted by molar-refractivity contribution is 6.30. The molecular formula is C16H17ClN6. The molecule has 1 aliphatic heterocycles. The Balaban J connectivity index is 1.76. The summed E-state index contributed by atoms with van der Waals surface area (Å²) >= 11 is 6.32. The van der Waals surface area contributed by atoms with E-state index in [0.717, 1.165) is 35.6 Å². The van der Waals surface area contributed by atoms with Crippen LogP contribution in [0.2, 0.25) is 5.15 Å². The van der Waals surface area contributed by atoms with Crippen LogP contribution in [-0.4, -0.2) is 25.9 Å². The number of nitrogen functional groups attached to an aromatic ring is 1. The number of nitrogens with zero attached hydrogens (tertiary/aromatic N) is 5. The molecule has 1 aliphatic rings. The molecule has 0 amide bonds. The van der Waals surface area contributed by atoms with E-state index < -0.39 is 0 Å². The number of hydrogen-bond acceptors (Lipinski definition) is 5. The van der Waals surface area contributed by atoms with Crippen molar-refractivity contribution in [1.29, 1.82) is 0 Å². The SMILES string of the molecule is CCC1CN(Cc2nccn3cccc23)c2nc(N)nc(Cl)c21. The fourth-order valence-corrected chi connectivity index (χ4v) is 3.61. The van der Waals surface area contributed by atoms with E-state index in [1.54, 1.807) is 0 Å². The number of anilines is 2. The third kappa shape index (κ3) is 2.30. The van der Waals surface area contributed by atoms with Crippen LogP contribution in [0.4, 0.5) is 11.8 Å². The van der Waals surface area contributed by atoms with Crippen LogP contribution in [0, 0.1) is 0 Å². The molecule has 0 aliphatic carbocycles. The second-order valence-electron chi connectivity index (χ2n) is 5.77. The number of halogens is 1. The topological polar surface area (TPSA) is 72.3 Å². The normalized spacial score (nSPS) is 17.0. The summed E-state index contributed by atoms with van der Waals surface area (Å²) in [6.07, 6.45) is 6.77. The molecular weight excluding hydrogens is 312 g/mol. The molecule has 0 bridgehead atoms. The Kier molecular flexibility index (Phi) is 3.34. The molecule has 0 saturated heterocycles. The minimum absolute atomic E-state index is 0.212. The van der Waals surface area contributed by atoms with Gasteiger partial charge in [-0.3, -0.25) is 4.98 Å². The first kappa shape index (κ1) is 14.3. The summed E-state index contributed by atoms with van der Waals surface area (Å²) in [4.78, 5) is 15.3. The Morgan fingerprint density at radius 3 is 3.04 bits per heavy atom. The lowest BCUT2D eigenvalue weighted by molar-refractivity contribution is 0.666. The van der Waals surface area contributed by atoms with Gasteiger partial charge in [0.1, 0.15) is 11.0 Å². The smallest absolute Gasteiger partial charge is 0.223 e. The maximum absolute atomic E-state index is 6.32. The van der Waals surface area contributed by atoms with Crippen LogP contribution in [0.1, 0.15) is 30.5 Å². The second-order valence-corrected chi connectivity index (χ2v) is 6.13. The van der Waals surface area contributed by atoms with E-state index >= 15 is 0 Å². The van der Waals surface area contributed by atoms with Crippen molar-refractivity contribution < 1.29 is 0 Å². The third-order valence-corrected chi connectivity index (χ3v) is 4.70. The van der Waals surface area contributed by atoms with E-state index in [9.17, 15) is 0 Å². The average molecular weight is 329 g/mol. The molecule has 4 heterocycles. The van der Waals surface area contributed by atoms with Gasteiger partial charge in [-0.15, -0.1) is 0 Å². The van der Waals surface area contributed by atoms with E-state index in [0.29, 0.717) is 17.6 Å². The molecule has 1 atom stereocenters. The molecule has 23 heavy (non-hydrogen) atoms. The van der Waals surface area contributed by atoms with Crippen molar-refractivity contribution in [2.45, 2.75) is 25.8 Å². The molecule has 7 heteroatoms. The maximum Gasteiger partial charge on any atom is 0.223 e. The summed E-state index contributed by atoms with van der Waals surface area (Å²) in [6, 6.07) is 4.09.